The minimum absolute atomic E-state index is 0.143. The van der Waals surface area contributed by atoms with Gasteiger partial charge in [0.25, 0.3) is 0 Å². The Labute approximate surface area is 100 Å². The van der Waals surface area contributed by atoms with Gasteiger partial charge in [-0.1, -0.05) is 5.16 Å². The molecule has 0 bridgehead atoms. The summed E-state index contributed by atoms with van der Waals surface area (Å²) in [5, 5.41) is 3.57. The van der Waals surface area contributed by atoms with E-state index >= 15 is 0 Å². The molecule has 1 heterocycles. The minimum Gasteiger partial charge on any atom is -0.385 e. The molecule has 1 atom stereocenters. The summed E-state index contributed by atoms with van der Waals surface area (Å²) in [6.45, 7) is 0.609. The van der Waals surface area contributed by atoms with Crippen LogP contribution in [0.25, 0.3) is 0 Å². The topological polar surface area (TPSA) is 108 Å². The predicted octanol–water partition coefficient (Wildman–Crippen LogP) is 0.0406. The molecule has 98 valence electrons. The van der Waals surface area contributed by atoms with Crippen molar-refractivity contribution in [1.82, 2.24) is 10.1 Å². The van der Waals surface area contributed by atoms with Crippen molar-refractivity contribution in [3.8, 4) is 0 Å². The number of hydrogen-bond acceptors (Lipinski definition) is 7. The standard InChI is InChI=1S/C9H17N3O4S/c1-15-5-3-4-7(10)9-11-8(12-16-9)6-17(2,13)14/h7H,3-6,10H2,1-2H3. The highest BCUT2D eigenvalue weighted by Gasteiger charge is 2.16. The summed E-state index contributed by atoms with van der Waals surface area (Å²) in [4.78, 5) is 3.95. The molecule has 7 nitrogen and oxygen atoms in total. The quantitative estimate of drug-likeness (QED) is 0.692. The van der Waals surface area contributed by atoms with Crippen LogP contribution in [0.5, 0.6) is 0 Å². The molecule has 1 aromatic rings. The van der Waals surface area contributed by atoms with Gasteiger partial charge in [0.2, 0.25) is 5.89 Å². The number of nitrogens with zero attached hydrogens (tertiary/aromatic N) is 2. The van der Waals surface area contributed by atoms with Crippen LogP contribution in [-0.2, 0) is 20.3 Å². The van der Waals surface area contributed by atoms with E-state index in [9.17, 15) is 8.42 Å². The van der Waals surface area contributed by atoms with Gasteiger partial charge in [0, 0.05) is 20.0 Å². The number of hydrogen-bond donors (Lipinski definition) is 1. The molecule has 0 fully saturated rings. The van der Waals surface area contributed by atoms with Crippen molar-refractivity contribution < 1.29 is 17.7 Å². The number of aromatic nitrogens is 2. The van der Waals surface area contributed by atoms with Gasteiger partial charge in [0.15, 0.2) is 15.7 Å². The summed E-state index contributed by atoms with van der Waals surface area (Å²) in [6, 6.07) is -0.383. The summed E-state index contributed by atoms with van der Waals surface area (Å²) in [5.41, 5.74) is 5.81. The Kier molecular flexibility index (Phi) is 5.03. The molecule has 0 aromatic carbocycles. The van der Waals surface area contributed by atoms with Gasteiger partial charge in [0.05, 0.1) is 6.04 Å². The van der Waals surface area contributed by atoms with Crippen molar-refractivity contribution in [1.29, 1.82) is 0 Å². The molecular weight excluding hydrogens is 246 g/mol. The number of sulfone groups is 1. The zero-order chi connectivity index (χ0) is 12.9. The third-order valence-corrected chi connectivity index (χ3v) is 2.84. The van der Waals surface area contributed by atoms with E-state index in [1.54, 1.807) is 7.11 Å². The first kappa shape index (κ1) is 14.1. The first-order chi connectivity index (χ1) is 7.92. The van der Waals surface area contributed by atoms with Gasteiger partial charge in [0.1, 0.15) is 5.75 Å². The van der Waals surface area contributed by atoms with Gasteiger partial charge >= 0.3 is 0 Å². The third-order valence-electron chi connectivity index (χ3n) is 2.06. The van der Waals surface area contributed by atoms with Crippen LogP contribution in [-0.4, -0.2) is 38.5 Å². The highest BCUT2D eigenvalue weighted by molar-refractivity contribution is 7.89. The molecular formula is C9H17N3O4S. The van der Waals surface area contributed by atoms with E-state index in [2.05, 4.69) is 10.1 Å². The number of nitrogens with two attached hydrogens (primary N) is 1. The van der Waals surface area contributed by atoms with E-state index in [0.29, 0.717) is 13.0 Å². The maximum absolute atomic E-state index is 11.0. The van der Waals surface area contributed by atoms with Gasteiger partial charge in [-0.2, -0.15) is 4.98 Å². The number of rotatable bonds is 7. The highest BCUT2D eigenvalue weighted by atomic mass is 32.2. The Balaban J connectivity index is 2.55. The summed E-state index contributed by atoms with van der Waals surface area (Å²) < 4.78 is 31.9. The van der Waals surface area contributed by atoms with Crippen molar-refractivity contribution in [2.75, 3.05) is 20.0 Å². The maximum Gasteiger partial charge on any atom is 0.243 e. The Morgan fingerprint density at radius 1 is 1.53 bits per heavy atom. The molecule has 2 N–H and O–H groups in total. The second kappa shape index (κ2) is 6.08. The zero-order valence-corrected chi connectivity index (χ0v) is 10.7. The van der Waals surface area contributed by atoms with E-state index in [4.69, 9.17) is 15.0 Å². The molecule has 0 spiro atoms. The van der Waals surface area contributed by atoms with Crippen molar-refractivity contribution in [3.05, 3.63) is 11.7 Å². The Morgan fingerprint density at radius 3 is 2.82 bits per heavy atom. The first-order valence-corrected chi connectivity index (χ1v) is 7.23. The maximum atomic E-state index is 11.0. The largest absolute Gasteiger partial charge is 0.385 e. The van der Waals surface area contributed by atoms with Crippen LogP contribution in [0.3, 0.4) is 0 Å². The van der Waals surface area contributed by atoms with Crippen LogP contribution in [0.4, 0.5) is 0 Å². The summed E-state index contributed by atoms with van der Waals surface area (Å²) in [7, 11) is -1.54. The minimum atomic E-state index is -3.16. The Hall–Kier alpha value is -0.990. The molecule has 1 aromatic heterocycles. The number of methoxy groups -OCH3 is 1. The predicted molar refractivity (Wildman–Crippen MR) is 60.9 cm³/mol. The fraction of sp³-hybridized carbons (Fsp3) is 0.778. The smallest absolute Gasteiger partial charge is 0.243 e. The van der Waals surface area contributed by atoms with Crippen LogP contribution in [0.1, 0.15) is 30.6 Å². The van der Waals surface area contributed by atoms with Crippen molar-refractivity contribution in [3.63, 3.8) is 0 Å². The second-order valence-electron chi connectivity index (χ2n) is 3.86. The van der Waals surface area contributed by atoms with Gasteiger partial charge in [-0.15, -0.1) is 0 Å². The van der Waals surface area contributed by atoms with E-state index in [1.165, 1.54) is 0 Å². The lowest BCUT2D eigenvalue weighted by molar-refractivity contribution is 0.188. The second-order valence-corrected chi connectivity index (χ2v) is 6.00. The van der Waals surface area contributed by atoms with E-state index in [0.717, 1.165) is 12.7 Å². The molecule has 0 aliphatic carbocycles. The molecule has 0 aliphatic heterocycles. The van der Waals surface area contributed by atoms with Gasteiger partial charge < -0.3 is 15.0 Å². The average Bonchev–Trinajstić information content (AvgIpc) is 2.64. The van der Waals surface area contributed by atoms with E-state index in [1.807, 2.05) is 0 Å². The molecule has 1 unspecified atom stereocenters. The van der Waals surface area contributed by atoms with Gasteiger partial charge in [-0.25, -0.2) is 8.42 Å². The number of ether oxygens (including phenoxy) is 1. The Morgan fingerprint density at radius 2 is 2.24 bits per heavy atom. The van der Waals surface area contributed by atoms with Crippen molar-refractivity contribution in [2.45, 2.75) is 24.6 Å². The SMILES string of the molecule is COCCCC(N)c1nc(CS(C)(=O)=O)no1. The summed E-state index contributed by atoms with van der Waals surface area (Å²) in [6.07, 6.45) is 2.54. The van der Waals surface area contributed by atoms with Crippen LogP contribution in [0.2, 0.25) is 0 Å². The molecule has 0 saturated heterocycles. The van der Waals surface area contributed by atoms with Crippen molar-refractivity contribution >= 4 is 9.84 Å². The van der Waals surface area contributed by atoms with Crippen LogP contribution in [0, 0.1) is 0 Å². The van der Waals surface area contributed by atoms with Crippen LogP contribution in [0.15, 0.2) is 4.52 Å². The molecule has 0 radical (unpaired) electrons. The monoisotopic (exact) mass is 263 g/mol. The zero-order valence-electron chi connectivity index (χ0n) is 9.92. The fourth-order valence-corrected chi connectivity index (χ4v) is 1.87. The lowest BCUT2D eigenvalue weighted by Crippen LogP contribution is -2.12. The Bertz CT molecular complexity index is 443. The highest BCUT2D eigenvalue weighted by Crippen LogP contribution is 2.14. The van der Waals surface area contributed by atoms with Crippen LogP contribution < -0.4 is 5.73 Å². The lowest BCUT2D eigenvalue weighted by Gasteiger charge is -2.04. The molecule has 0 amide bonds. The molecule has 17 heavy (non-hydrogen) atoms. The molecule has 0 aliphatic rings. The summed E-state index contributed by atoms with van der Waals surface area (Å²) in [5.74, 6) is 0.172. The first-order valence-electron chi connectivity index (χ1n) is 5.17. The molecule has 1 rings (SSSR count). The molecule has 0 saturated carbocycles. The van der Waals surface area contributed by atoms with Crippen molar-refractivity contribution in [2.24, 2.45) is 5.73 Å². The average molecular weight is 263 g/mol. The third kappa shape index (κ3) is 5.24. The van der Waals surface area contributed by atoms with Crippen LogP contribution >= 0.6 is 0 Å². The van der Waals surface area contributed by atoms with E-state index < -0.39 is 9.84 Å². The van der Waals surface area contributed by atoms with E-state index in [-0.39, 0.29) is 23.5 Å². The lowest BCUT2D eigenvalue weighted by atomic mass is 10.2. The fourth-order valence-electron chi connectivity index (χ4n) is 1.28. The van der Waals surface area contributed by atoms with Gasteiger partial charge in [-0.3, -0.25) is 0 Å². The van der Waals surface area contributed by atoms with Gasteiger partial charge in [-0.05, 0) is 12.8 Å². The summed E-state index contributed by atoms with van der Waals surface area (Å²) >= 11 is 0. The molecule has 8 heteroatoms. The normalized spacial score (nSPS) is 13.8.